The minimum Gasteiger partial charge on any atom is -0.333 e. The highest BCUT2D eigenvalue weighted by molar-refractivity contribution is 7.13. The number of nitrogens with zero attached hydrogens (tertiary/aromatic N) is 3. The molecular formula is C21H18F2N4O2S. The molecule has 0 bridgehead atoms. The topological polar surface area (TPSA) is 75.2 Å². The van der Waals surface area contributed by atoms with Gasteiger partial charge in [0.1, 0.15) is 16.6 Å². The van der Waals surface area contributed by atoms with Gasteiger partial charge in [0, 0.05) is 12.2 Å². The number of carbonyl (C=O) groups is 2. The van der Waals surface area contributed by atoms with Gasteiger partial charge in [0.25, 0.3) is 5.91 Å². The van der Waals surface area contributed by atoms with E-state index in [0.29, 0.717) is 17.2 Å². The van der Waals surface area contributed by atoms with E-state index in [9.17, 15) is 18.4 Å². The summed E-state index contributed by atoms with van der Waals surface area (Å²) in [6, 6.07) is 11.2. The van der Waals surface area contributed by atoms with Crippen LogP contribution in [0.4, 0.5) is 14.5 Å². The van der Waals surface area contributed by atoms with Gasteiger partial charge in [0.2, 0.25) is 10.9 Å². The van der Waals surface area contributed by atoms with Crippen molar-refractivity contribution in [2.75, 3.05) is 11.9 Å². The number of hydrogen-bond acceptors (Lipinski definition) is 5. The van der Waals surface area contributed by atoms with E-state index < -0.39 is 11.7 Å². The number of amides is 2. The van der Waals surface area contributed by atoms with Crippen molar-refractivity contribution >= 4 is 28.8 Å². The van der Waals surface area contributed by atoms with Crippen molar-refractivity contribution in [3.05, 3.63) is 75.7 Å². The Morgan fingerprint density at radius 1 is 1.10 bits per heavy atom. The number of benzene rings is 2. The Morgan fingerprint density at radius 3 is 2.67 bits per heavy atom. The summed E-state index contributed by atoms with van der Waals surface area (Å²) >= 11 is 1.12. The van der Waals surface area contributed by atoms with E-state index in [-0.39, 0.29) is 29.2 Å². The van der Waals surface area contributed by atoms with E-state index in [1.165, 1.54) is 30.3 Å². The van der Waals surface area contributed by atoms with Gasteiger partial charge in [-0.2, -0.15) is 0 Å². The molecule has 4 rings (SSSR count). The normalized spacial score (nSPS) is 15.9. The largest absolute Gasteiger partial charge is 0.333 e. The number of hydrogen-bond donors (Lipinski definition) is 1. The molecule has 0 spiro atoms. The van der Waals surface area contributed by atoms with Crippen LogP contribution in [0, 0.1) is 11.6 Å². The van der Waals surface area contributed by atoms with Crippen LogP contribution in [-0.4, -0.2) is 33.5 Å². The number of halogens is 2. The SMILES string of the molecule is O=C(Nc1cccc(F)c1)c1nnc([C@H]2CCCN2C(=O)Cc2ccc(F)cc2)s1. The van der Waals surface area contributed by atoms with E-state index >= 15 is 0 Å². The van der Waals surface area contributed by atoms with Crippen molar-refractivity contribution in [3.8, 4) is 0 Å². The van der Waals surface area contributed by atoms with Crippen LogP contribution in [0.2, 0.25) is 0 Å². The standard InChI is InChI=1S/C21H18F2N4O2S/c22-14-8-6-13(7-9-14)11-18(28)27-10-2-5-17(27)20-25-26-21(30-20)19(29)24-16-4-1-3-15(23)12-16/h1,3-4,6-9,12,17H,2,5,10-11H2,(H,24,29)/t17-/m1/s1. The fourth-order valence-corrected chi connectivity index (χ4v) is 4.30. The highest BCUT2D eigenvalue weighted by Gasteiger charge is 2.33. The fraction of sp³-hybridized carbons (Fsp3) is 0.238. The number of rotatable bonds is 5. The lowest BCUT2D eigenvalue weighted by Crippen LogP contribution is -2.31. The van der Waals surface area contributed by atoms with Gasteiger partial charge in [-0.3, -0.25) is 9.59 Å². The smallest absolute Gasteiger partial charge is 0.286 e. The van der Waals surface area contributed by atoms with Crippen LogP contribution in [0.1, 0.15) is 39.3 Å². The molecule has 1 fully saturated rings. The van der Waals surface area contributed by atoms with Crippen LogP contribution in [0.15, 0.2) is 48.5 Å². The molecule has 0 saturated carbocycles. The van der Waals surface area contributed by atoms with E-state index in [1.807, 2.05) is 0 Å². The van der Waals surface area contributed by atoms with Crippen molar-refractivity contribution in [1.29, 1.82) is 0 Å². The van der Waals surface area contributed by atoms with Crippen molar-refractivity contribution in [2.45, 2.75) is 25.3 Å². The van der Waals surface area contributed by atoms with Gasteiger partial charge >= 0.3 is 0 Å². The summed E-state index contributed by atoms with van der Waals surface area (Å²) in [5.74, 6) is -1.35. The third-order valence-electron chi connectivity index (χ3n) is 4.84. The maximum atomic E-state index is 13.3. The van der Waals surface area contributed by atoms with Crippen LogP contribution < -0.4 is 5.32 Å². The molecule has 1 saturated heterocycles. The molecule has 6 nitrogen and oxygen atoms in total. The average molecular weight is 428 g/mol. The Bertz CT molecular complexity index is 1070. The van der Waals surface area contributed by atoms with E-state index in [0.717, 1.165) is 29.7 Å². The second-order valence-electron chi connectivity index (χ2n) is 6.96. The van der Waals surface area contributed by atoms with E-state index in [1.54, 1.807) is 23.1 Å². The molecule has 1 atom stereocenters. The number of carbonyl (C=O) groups excluding carboxylic acids is 2. The molecule has 1 aromatic heterocycles. The average Bonchev–Trinajstić information content (AvgIpc) is 3.39. The first-order valence-electron chi connectivity index (χ1n) is 9.44. The molecule has 30 heavy (non-hydrogen) atoms. The van der Waals surface area contributed by atoms with Crippen LogP contribution in [0.25, 0.3) is 0 Å². The Balaban J connectivity index is 1.44. The third kappa shape index (κ3) is 4.51. The van der Waals surface area contributed by atoms with Crippen LogP contribution >= 0.6 is 11.3 Å². The van der Waals surface area contributed by atoms with Crippen molar-refractivity contribution in [1.82, 2.24) is 15.1 Å². The lowest BCUT2D eigenvalue weighted by Gasteiger charge is -2.22. The zero-order chi connectivity index (χ0) is 21.1. The summed E-state index contributed by atoms with van der Waals surface area (Å²) in [7, 11) is 0. The Kier molecular flexibility index (Phi) is 5.80. The predicted molar refractivity (Wildman–Crippen MR) is 108 cm³/mol. The number of aromatic nitrogens is 2. The zero-order valence-electron chi connectivity index (χ0n) is 15.8. The second-order valence-corrected chi connectivity index (χ2v) is 7.97. The monoisotopic (exact) mass is 428 g/mol. The number of likely N-dealkylation sites (tertiary alicyclic amines) is 1. The maximum Gasteiger partial charge on any atom is 0.286 e. The third-order valence-corrected chi connectivity index (χ3v) is 5.87. The minimum atomic E-state index is -0.480. The van der Waals surface area contributed by atoms with Crippen LogP contribution in [0.3, 0.4) is 0 Å². The Morgan fingerprint density at radius 2 is 1.90 bits per heavy atom. The van der Waals surface area contributed by atoms with E-state index in [4.69, 9.17) is 0 Å². The van der Waals surface area contributed by atoms with Gasteiger partial charge in [-0.25, -0.2) is 8.78 Å². The molecular weight excluding hydrogens is 410 g/mol. The molecule has 0 aliphatic carbocycles. The first-order valence-corrected chi connectivity index (χ1v) is 10.3. The molecule has 1 N–H and O–H groups in total. The summed E-state index contributed by atoms with van der Waals surface area (Å²) in [5.41, 5.74) is 1.06. The summed E-state index contributed by atoms with van der Waals surface area (Å²) in [6.07, 6.45) is 1.72. The summed E-state index contributed by atoms with van der Waals surface area (Å²) in [5, 5.41) is 11.4. The molecule has 2 aromatic carbocycles. The first kappa shape index (κ1) is 20.1. The Hall–Kier alpha value is -3.20. The number of anilines is 1. The summed E-state index contributed by atoms with van der Waals surface area (Å²) < 4.78 is 26.4. The van der Waals surface area contributed by atoms with Gasteiger partial charge in [0.15, 0.2) is 0 Å². The van der Waals surface area contributed by atoms with Crippen LogP contribution in [-0.2, 0) is 11.2 Å². The lowest BCUT2D eigenvalue weighted by atomic mass is 10.1. The predicted octanol–water partition coefficient (Wildman–Crippen LogP) is 3.97. The summed E-state index contributed by atoms with van der Waals surface area (Å²) in [4.78, 5) is 26.9. The van der Waals surface area contributed by atoms with Gasteiger partial charge < -0.3 is 10.2 Å². The van der Waals surface area contributed by atoms with Crippen molar-refractivity contribution in [2.24, 2.45) is 0 Å². The van der Waals surface area contributed by atoms with Crippen LogP contribution in [0.5, 0.6) is 0 Å². The molecule has 154 valence electrons. The van der Waals surface area contributed by atoms with Crippen molar-refractivity contribution < 1.29 is 18.4 Å². The van der Waals surface area contributed by atoms with Gasteiger partial charge in [0.05, 0.1) is 12.5 Å². The molecule has 0 unspecified atom stereocenters. The van der Waals surface area contributed by atoms with Gasteiger partial charge in [-0.05, 0) is 48.7 Å². The molecule has 9 heteroatoms. The Labute approximate surface area is 175 Å². The molecule has 0 radical (unpaired) electrons. The molecule has 3 aromatic rings. The zero-order valence-corrected chi connectivity index (χ0v) is 16.7. The van der Waals surface area contributed by atoms with Gasteiger partial charge in [-0.1, -0.05) is 29.5 Å². The molecule has 1 aliphatic heterocycles. The highest BCUT2D eigenvalue weighted by atomic mass is 32.1. The molecule has 2 amide bonds. The fourth-order valence-electron chi connectivity index (χ4n) is 3.41. The van der Waals surface area contributed by atoms with Crippen molar-refractivity contribution in [3.63, 3.8) is 0 Å². The molecule has 1 aliphatic rings. The second kappa shape index (κ2) is 8.66. The van der Waals surface area contributed by atoms with Gasteiger partial charge in [-0.15, -0.1) is 10.2 Å². The lowest BCUT2D eigenvalue weighted by molar-refractivity contribution is -0.131. The number of nitrogens with one attached hydrogen (secondary N) is 1. The highest BCUT2D eigenvalue weighted by Crippen LogP contribution is 2.34. The minimum absolute atomic E-state index is 0.0786. The molecule has 2 heterocycles. The maximum absolute atomic E-state index is 13.3. The first-order chi connectivity index (χ1) is 14.5. The quantitative estimate of drug-likeness (QED) is 0.667. The summed E-state index contributed by atoms with van der Waals surface area (Å²) in [6.45, 7) is 0.592. The van der Waals surface area contributed by atoms with E-state index in [2.05, 4.69) is 15.5 Å².